The van der Waals surface area contributed by atoms with Crippen LogP contribution >= 0.6 is 11.6 Å². The molecule has 0 radical (unpaired) electrons. The van der Waals surface area contributed by atoms with Crippen molar-refractivity contribution >= 4 is 45.5 Å². The van der Waals surface area contributed by atoms with E-state index in [-0.39, 0.29) is 18.0 Å². The molecule has 1 amide bonds. The maximum Gasteiger partial charge on any atom is 0.222 e. The summed E-state index contributed by atoms with van der Waals surface area (Å²) in [5.74, 6) is 1.15. The Bertz CT molecular complexity index is 1340. The van der Waals surface area contributed by atoms with Gasteiger partial charge in [0.25, 0.3) is 0 Å². The highest BCUT2D eigenvalue weighted by atomic mass is 35.5. The normalized spacial score (nSPS) is 20.7. The summed E-state index contributed by atoms with van der Waals surface area (Å²) in [5, 5.41) is 11.9. The molecule has 34 heavy (non-hydrogen) atoms. The van der Waals surface area contributed by atoms with E-state index in [0.29, 0.717) is 41.3 Å². The van der Waals surface area contributed by atoms with Crippen LogP contribution in [0, 0.1) is 0 Å². The molecule has 1 aliphatic carbocycles. The number of carbonyl (C=O) groups excluding carboxylic acids is 1. The molecule has 3 atom stereocenters. The number of hydrogen-bond donors (Lipinski definition) is 3. The minimum Gasteiger partial charge on any atom is -0.389 e. The summed E-state index contributed by atoms with van der Waals surface area (Å²) in [6, 6.07) is 5.01. The summed E-state index contributed by atoms with van der Waals surface area (Å²) in [6.07, 6.45) is 6.39. The van der Waals surface area contributed by atoms with Gasteiger partial charge in [0.05, 0.1) is 35.5 Å². The van der Waals surface area contributed by atoms with Gasteiger partial charge >= 0.3 is 0 Å². The van der Waals surface area contributed by atoms with Crippen molar-refractivity contribution in [2.45, 2.75) is 56.7 Å². The lowest BCUT2D eigenvalue weighted by atomic mass is 9.87. The van der Waals surface area contributed by atoms with E-state index in [1.54, 1.807) is 18.3 Å². The minimum atomic E-state index is -0.739. The number of nitrogens with one attached hydrogen (secondary N) is 1. The smallest absolute Gasteiger partial charge is 0.222 e. The molecule has 10 nitrogen and oxygen atoms in total. The maximum atomic E-state index is 13.0. The number of aryl methyl sites for hydroxylation is 1. The summed E-state index contributed by atoms with van der Waals surface area (Å²) in [5.41, 5.74) is 8.78. The summed E-state index contributed by atoms with van der Waals surface area (Å²) in [4.78, 5) is 35.1. The van der Waals surface area contributed by atoms with Gasteiger partial charge < -0.3 is 25.3 Å². The van der Waals surface area contributed by atoms with Crippen LogP contribution in [-0.4, -0.2) is 64.6 Å². The minimum absolute atomic E-state index is 0.00548. The topological polar surface area (TPSA) is 139 Å². The second-order valence-corrected chi connectivity index (χ2v) is 9.28. The third-order valence-electron chi connectivity index (χ3n) is 6.72. The number of nitrogens with zero attached hydrogens (tertiary/aromatic N) is 6. The van der Waals surface area contributed by atoms with Gasteiger partial charge in [-0.25, -0.2) is 19.9 Å². The zero-order valence-corrected chi connectivity index (χ0v) is 19.6. The van der Waals surface area contributed by atoms with Gasteiger partial charge in [0.15, 0.2) is 11.5 Å². The van der Waals surface area contributed by atoms with E-state index in [4.69, 9.17) is 17.3 Å². The molecule has 0 spiro atoms. The maximum absolute atomic E-state index is 13.0. The Labute approximate surface area is 201 Å². The molecule has 0 bridgehead atoms. The molecule has 5 rings (SSSR count). The number of aromatic amines is 1. The number of hydrogen-bond acceptors (Lipinski definition) is 7. The fourth-order valence-corrected chi connectivity index (χ4v) is 5.07. The van der Waals surface area contributed by atoms with Crippen LogP contribution in [0.1, 0.15) is 44.0 Å². The lowest BCUT2D eigenvalue weighted by Crippen LogP contribution is -2.50. The number of anilines is 1. The highest BCUT2D eigenvalue weighted by Gasteiger charge is 2.37. The van der Waals surface area contributed by atoms with Gasteiger partial charge in [-0.1, -0.05) is 11.6 Å². The van der Waals surface area contributed by atoms with Crippen molar-refractivity contribution in [1.29, 1.82) is 0 Å². The highest BCUT2D eigenvalue weighted by Crippen LogP contribution is 2.34. The van der Waals surface area contributed by atoms with Crippen LogP contribution < -0.4 is 5.73 Å². The quantitative estimate of drug-likeness (QED) is 0.384. The number of carbonyl (C=O) groups is 1. The van der Waals surface area contributed by atoms with E-state index in [2.05, 4.69) is 24.9 Å². The van der Waals surface area contributed by atoms with Crippen molar-refractivity contribution in [3.05, 3.63) is 41.7 Å². The Morgan fingerprint density at radius 3 is 3.03 bits per heavy atom. The fourth-order valence-electron chi connectivity index (χ4n) is 4.89. The lowest BCUT2D eigenvalue weighted by molar-refractivity contribution is -0.136. The fraction of sp³-hybridized carbons (Fsp3) is 0.435. The van der Waals surface area contributed by atoms with E-state index in [9.17, 15) is 9.90 Å². The van der Waals surface area contributed by atoms with E-state index >= 15 is 0 Å². The van der Waals surface area contributed by atoms with Gasteiger partial charge in [0.2, 0.25) is 5.91 Å². The van der Waals surface area contributed by atoms with E-state index in [1.165, 1.54) is 6.33 Å². The van der Waals surface area contributed by atoms with E-state index in [0.717, 1.165) is 36.1 Å². The first-order valence-corrected chi connectivity index (χ1v) is 11.8. The predicted octanol–water partition coefficient (Wildman–Crippen LogP) is 2.87. The molecule has 1 fully saturated rings. The zero-order valence-electron chi connectivity index (χ0n) is 18.9. The van der Waals surface area contributed by atoms with Crippen molar-refractivity contribution in [3.8, 4) is 0 Å². The van der Waals surface area contributed by atoms with Crippen molar-refractivity contribution < 1.29 is 9.90 Å². The van der Waals surface area contributed by atoms with Gasteiger partial charge in [0, 0.05) is 24.9 Å². The van der Waals surface area contributed by atoms with Crippen LogP contribution in [0.4, 0.5) is 5.82 Å². The molecule has 11 heteroatoms. The standard InChI is InChI=1S/C23H27ClN8O2/c1-31(19(33)7-3-6-18-29-14-9-8-13(24)10-15(14)30-18)16-4-2-5-17(21(16)34)32-12-28-20-22(25)26-11-27-23(20)32/h8-12,16-17,21,34H,2-7H2,1H3,(H,29,30)(H2,25,26,27)/t16-,17-,21-/m0/s1. The van der Waals surface area contributed by atoms with Crippen molar-refractivity contribution in [2.24, 2.45) is 0 Å². The summed E-state index contributed by atoms with van der Waals surface area (Å²) >= 11 is 6.04. The Balaban J connectivity index is 1.22. The Kier molecular flexibility index (Phi) is 6.09. The molecule has 0 aliphatic heterocycles. The number of H-pyrrole nitrogens is 1. The second-order valence-electron chi connectivity index (χ2n) is 8.84. The summed E-state index contributed by atoms with van der Waals surface area (Å²) in [7, 11) is 1.77. The first-order valence-electron chi connectivity index (χ1n) is 11.4. The first-order chi connectivity index (χ1) is 16.4. The van der Waals surface area contributed by atoms with Crippen LogP contribution in [0.15, 0.2) is 30.9 Å². The van der Waals surface area contributed by atoms with E-state index in [1.807, 2.05) is 22.8 Å². The van der Waals surface area contributed by atoms with Crippen molar-refractivity contribution in [2.75, 3.05) is 12.8 Å². The molecule has 1 aliphatic rings. The third kappa shape index (κ3) is 4.19. The Hall–Kier alpha value is -3.24. The van der Waals surface area contributed by atoms with Gasteiger partial charge in [-0.15, -0.1) is 0 Å². The molecule has 1 aromatic carbocycles. The molecule has 0 saturated heterocycles. The first kappa shape index (κ1) is 22.5. The largest absolute Gasteiger partial charge is 0.389 e. The van der Waals surface area contributed by atoms with Crippen LogP contribution in [0.5, 0.6) is 0 Å². The molecule has 3 aromatic heterocycles. The molecule has 178 valence electrons. The van der Waals surface area contributed by atoms with Gasteiger partial charge in [-0.05, 0) is 43.9 Å². The highest BCUT2D eigenvalue weighted by molar-refractivity contribution is 6.31. The summed E-state index contributed by atoms with van der Waals surface area (Å²) < 4.78 is 1.86. The number of halogens is 1. The monoisotopic (exact) mass is 482 g/mol. The number of fused-ring (bicyclic) bond motifs is 2. The second kappa shape index (κ2) is 9.19. The third-order valence-corrected chi connectivity index (χ3v) is 6.96. The molecule has 3 heterocycles. The Morgan fingerprint density at radius 1 is 1.32 bits per heavy atom. The number of amides is 1. The molecular weight excluding hydrogens is 456 g/mol. The predicted molar refractivity (Wildman–Crippen MR) is 129 cm³/mol. The number of aliphatic hydroxyl groups is 1. The van der Waals surface area contributed by atoms with Gasteiger partial charge in [-0.2, -0.15) is 0 Å². The Morgan fingerprint density at radius 2 is 2.18 bits per heavy atom. The average Bonchev–Trinajstić information content (AvgIpc) is 3.43. The van der Waals surface area contributed by atoms with Crippen molar-refractivity contribution in [3.63, 3.8) is 0 Å². The van der Waals surface area contributed by atoms with E-state index < -0.39 is 6.10 Å². The van der Waals surface area contributed by atoms with Crippen LogP contribution in [0.2, 0.25) is 5.02 Å². The number of benzene rings is 1. The van der Waals surface area contributed by atoms with Crippen LogP contribution in [0.3, 0.4) is 0 Å². The van der Waals surface area contributed by atoms with Crippen LogP contribution in [0.25, 0.3) is 22.2 Å². The van der Waals surface area contributed by atoms with Gasteiger partial charge in [0.1, 0.15) is 17.7 Å². The number of nitrogens with two attached hydrogens (primary N) is 1. The number of likely N-dealkylation sites (N-methyl/N-ethyl adjacent to an activating group) is 1. The summed E-state index contributed by atoms with van der Waals surface area (Å²) in [6.45, 7) is 0. The number of aliphatic hydroxyl groups excluding tert-OH is 1. The molecule has 0 unspecified atom stereocenters. The molecule has 1 saturated carbocycles. The van der Waals surface area contributed by atoms with Crippen LogP contribution in [-0.2, 0) is 11.2 Å². The molecule has 4 aromatic rings. The molecule has 4 N–H and O–H groups in total. The average molecular weight is 483 g/mol. The number of rotatable bonds is 6. The SMILES string of the molecule is CN(C(=O)CCCc1nc2ccc(Cl)cc2[nH]1)[C@H]1CCC[C@H](n2cnc3c(N)ncnc32)[C@H]1O. The lowest BCUT2D eigenvalue weighted by Gasteiger charge is -2.40. The molecular formula is C23H27ClN8O2. The van der Waals surface area contributed by atoms with Gasteiger partial charge in [-0.3, -0.25) is 4.79 Å². The number of imidazole rings is 2. The number of nitrogen functional groups attached to an aromatic ring is 1. The number of aromatic nitrogens is 6. The zero-order chi connectivity index (χ0) is 23.8. The van der Waals surface area contributed by atoms with Crippen molar-refractivity contribution in [1.82, 2.24) is 34.4 Å².